The van der Waals surface area contributed by atoms with Crippen LogP contribution in [0, 0.1) is 0 Å². The second kappa shape index (κ2) is 6.64. The molecule has 21 heavy (non-hydrogen) atoms. The summed E-state index contributed by atoms with van der Waals surface area (Å²) in [7, 11) is 1.68. The van der Waals surface area contributed by atoms with Gasteiger partial charge in [-0.05, 0) is 36.6 Å². The van der Waals surface area contributed by atoms with Gasteiger partial charge < -0.3 is 14.8 Å². The molecule has 1 aliphatic carbocycles. The second-order valence-electron chi connectivity index (χ2n) is 5.40. The van der Waals surface area contributed by atoms with Gasteiger partial charge in [-0.3, -0.25) is 0 Å². The minimum atomic E-state index is 0.517. The molecule has 0 atom stereocenters. The van der Waals surface area contributed by atoms with Crippen molar-refractivity contribution in [2.24, 2.45) is 0 Å². The number of hydrogen-bond acceptors (Lipinski definition) is 3. The predicted octanol–water partition coefficient (Wildman–Crippen LogP) is 3.53. The van der Waals surface area contributed by atoms with Crippen molar-refractivity contribution in [3.63, 3.8) is 0 Å². The van der Waals surface area contributed by atoms with Crippen LogP contribution in [0.3, 0.4) is 0 Å². The summed E-state index contributed by atoms with van der Waals surface area (Å²) in [4.78, 5) is 0. The zero-order valence-electron chi connectivity index (χ0n) is 12.3. The van der Waals surface area contributed by atoms with Crippen molar-refractivity contribution in [2.45, 2.75) is 32.0 Å². The van der Waals surface area contributed by atoms with Gasteiger partial charge in [0, 0.05) is 18.2 Å². The third kappa shape index (κ3) is 3.99. The molecular formula is C18H21NO2. The highest BCUT2D eigenvalue weighted by Crippen LogP contribution is 2.22. The Kier molecular flexibility index (Phi) is 4.41. The van der Waals surface area contributed by atoms with E-state index in [0.29, 0.717) is 6.61 Å². The van der Waals surface area contributed by atoms with Crippen molar-refractivity contribution < 1.29 is 9.47 Å². The minimum absolute atomic E-state index is 0.517. The molecule has 0 spiro atoms. The van der Waals surface area contributed by atoms with E-state index < -0.39 is 0 Å². The summed E-state index contributed by atoms with van der Waals surface area (Å²) in [5.41, 5.74) is 2.32. The van der Waals surface area contributed by atoms with E-state index in [9.17, 15) is 0 Å². The normalized spacial score (nSPS) is 14.0. The van der Waals surface area contributed by atoms with E-state index in [2.05, 4.69) is 17.4 Å². The van der Waals surface area contributed by atoms with Gasteiger partial charge in [0.1, 0.15) is 18.1 Å². The molecule has 0 aromatic heterocycles. The fourth-order valence-electron chi connectivity index (χ4n) is 2.28. The molecule has 1 fully saturated rings. The van der Waals surface area contributed by atoms with Gasteiger partial charge in [0.25, 0.3) is 0 Å². The largest absolute Gasteiger partial charge is 0.496 e. The molecule has 0 bridgehead atoms. The number of methoxy groups -OCH3 is 1. The average Bonchev–Trinajstić information content (AvgIpc) is 3.36. The third-order valence-electron chi connectivity index (χ3n) is 3.66. The number of hydrogen-bond donors (Lipinski definition) is 1. The van der Waals surface area contributed by atoms with Crippen molar-refractivity contribution in [1.29, 1.82) is 0 Å². The van der Waals surface area contributed by atoms with Crippen LogP contribution >= 0.6 is 0 Å². The van der Waals surface area contributed by atoms with Gasteiger partial charge in [0.2, 0.25) is 0 Å². The molecule has 3 rings (SSSR count). The molecule has 1 aliphatic rings. The zero-order valence-corrected chi connectivity index (χ0v) is 12.3. The molecule has 0 saturated heterocycles. The quantitative estimate of drug-likeness (QED) is 0.843. The maximum atomic E-state index is 5.89. The van der Waals surface area contributed by atoms with E-state index in [1.165, 1.54) is 18.4 Å². The first-order valence-corrected chi connectivity index (χ1v) is 7.42. The molecule has 2 aromatic rings. The summed E-state index contributed by atoms with van der Waals surface area (Å²) < 4.78 is 11.2. The van der Waals surface area contributed by atoms with Crippen LogP contribution in [0.1, 0.15) is 24.0 Å². The van der Waals surface area contributed by atoms with Gasteiger partial charge >= 0.3 is 0 Å². The summed E-state index contributed by atoms with van der Waals surface area (Å²) in [6.45, 7) is 1.43. The van der Waals surface area contributed by atoms with Crippen molar-refractivity contribution in [2.75, 3.05) is 7.11 Å². The standard InChI is InChI=1S/C18H21NO2/c1-20-18-8-3-2-6-15(18)13-21-17-7-4-5-14(11-17)12-19-16-9-10-16/h2-8,11,16,19H,9-10,12-13H2,1H3. The van der Waals surface area contributed by atoms with E-state index in [1.807, 2.05) is 36.4 Å². The SMILES string of the molecule is COc1ccccc1COc1cccc(CNC2CC2)c1. The molecule has 0 aliphatic heterocycles. The Morgan fingerprint density at radius 1 is 1.10 bits per heavy atom. The van der Waals surface area contributed by atoms with Crippen LogP contribution in [-0.4, -0.2) is 13.2 Å². The second-order valence-corrected chi connectivity index (χ2v) is 5.40. The van der Waals surface area contributed by atoms with Crippen LogP contribution in [-0.2, 0) is 13.2 Å². The topological polar surface area (TPSA) is 30.5 Å². The first-order valence-electron chi connectivity index (χ1n) is 7.42. The van der Waals surface area contributed by atoms with Gasteiger partial charge in [-0.25, -0.2) is 0 Å². The van der Waals surface area contributed by atoms with Crippen LogP contribution in [0.2, 0.25) is 0 Å². The molecule has 0 radical (unpaired) electrons. The van der Waals surface area contributed by atoms with E-state index in [-0.39, 0.29) is 0 Å². The van der Waals surface area contributed by atoms with Gasteiger partial charge in [0.15, 0.2) is 0 Å². The number of para-hydroxylation sites is 1. The van der Waals surface area contributed by atoms with Gasteiger partial charge in [-0.1, -0.05) is 30.3 Å². The van der Waals surface area contributed by atoms with E-state index >= 15 is 0 Å². The Labute approximate surface area is 125 Å². The molecule has 0 amide bonds. The molecule has 1 N–H and O–H groups in total. The average molecular weight is 283 g/mol. The third-order valence-corrected chi connectivity index (χ3v) is 3.66. The minimum Gasteiger partial charge on any atom is -0.496 e. The van der Waals surface area contributed by atoms with Crippen LogP contribution < -0.4 is 14.8 Å². The highest BCUT2D eigenvalue weighted by Gasteiger charge is 2.19. The lowest BCUT2D eigenvalue weighted by Crippen LogP contribution is -2.15. The molecule has 1 saturated carbocycles. The number of nitrogens with one attached hydrogen (secondary N) is 1. The van der Waals surface area contributed by atoms with Gasteiger partial charge in [0.05, 0.1) is 7.11 Å². The molecule has 110 valence electrons. The Hall–Kier alpha value is -2.00. The van der Waals surface area contributed by atoms with Crippen molar-refractivity contribution >= 4 is 0 Å². The highest BCUT2D eigenvalue weighted by molar-refractivity contribution is 5.34. The maximum Gasteiger partial charge on any atom is 0.125 e. The van der Waals surface area contributed by atoms with Crippen molar-refractivity contribution in [1.82, 2.24) is 5.32 Å². The van der Waals surface area contributed by atoms with Crippen LogP contribution in [0.4, 0.5) is 0 Å². The van der Waals surface area contributed by atoms with E-state index in [1.54, 1.807) is 7.11 Å². The fraction of sp³-hybridized carbons (Fsp3) is 0.333. The lowest BCUT2D eigenvalue weighted by atomic mass is 10.2. The van der Waals surface area contributed by atoms with Crippen LogP contribution in [0.25, 0.3) is 0 Å². The summed E-state index contributed by atoms with van der Waals surface area (Å²) in [5.74, 6) is 1.76. The molecule has 0 unspecified atom stereocenters. The number of ether oxygens (including phenoxy) is 2. The first kappa shape index (κ1) is 14.0. The lowest BCUT2D eigenvalue weighted by molar-refractivity contribution is 0.296. The Morgan fingerprint density at radius 3 is 2.76 bits per heavy atom. The molecule has 3 nitrogen and oxygen atoms in total. The smallest absolute Gasteiger partial charge is 0.125 e. The van der Waals surface area contributed by atoms with Crippen LogP contribution in [0.15, 0.2) is 48.5 Å². The van der Waals surface area contributed by atoms with Gasteiger partial charge in [-0.15, -0.1) is 0 Å². The van der Waals surface area contributed by atoms with Gasteiger partial charge in [-0.2, -0.15) is 0 Å². The monoisotopic (exact) mass is 283 g/mol. The summed E-state index contributed by atoms with van der Waals surface area (Å²) >= 11 is 0. The Bertz CT molecular complexity index is 593. The predicted molar refractivity (Wildman–Crippen MR) is 83.6 cm³/mol. The lowest BCUT2D eigenvalue weighted by Gasteiger charge is -2.11. The number of rotatable bonds is 7. The summed E-state index contributed by atoms with van der Waals surface area (Å²) in [6.07, 6.45) is 2.62. The molecular weight excluding hydrogens is 262 g/mol. The molecule has 0 heterocycles. The highest BCUT2D eigenvalue weighted by atomic mass is 16.5. The van der Waals surface area contributed by atoms with Crippen molar-refractivity contribution in [3.8, 4) is 11.5 Å². The van der Waals surface area contributed by atoms with E-state index in [4.69, 9.17) is 9.47 Å². The van der Waals surface area contributed by atoms with E-state index in [0.717, 1.165) is 29.6 Å². The Balaban J connectivity index is 1.60. The molecule has 3 heteroatoms. The fourth-order valence-corrected chi connectivity index (χ4v) is 2.28. The van der Waals surface area contributed by atoms with Crippen LogP contribution in [0.5, 0.6) is 11.5 Å². The summed E-state index contributed by atoms with van der Waals surface area (Å²) in [5, 5.41) is 3.52. The molecule has 2 aromatic carbocycles. The maximum absolute atomic E-state index is 5.89. The Morgan fingerprint density at radius 2 is 1.95 bits per heavy atom. The first-order chi connectivity index (χ1) is 10.3. The summed E-state index contributed by atoms with van der Waals surface area (Å²) in [6, 6.07) is 16.9. The number of benzene rings is 2. The van der Waals surface area contributed by atoms with Crippen molar-refractivity contribution in [3.05, 3.63) is 59.7 Å². The zero-order chi connectivity index (χ0) is 14.5.